The molecule has 1 aromatic carbocycles. The van der Waals surface area contributed by atoms with E-state index in [1.54, 1.807) is 7.11 Å². The molecule has 0 saturated carbocycles. The van der Waals surface area contributed by atoms with E-state index in [-0.39, 0.29) is 11.9 Å². The molecule has 5 heteroatoms. The summed E-state index contributed by atoms with van der Waals surface area (Å²) < 4.78 is 5.27. The van der Waals surface area contributed by atoms with Gasteiger partial charge in [0, 0.05) is 37.4 Å². The van der Waals surface area contributed by atoms with Crippen molar-refractivity contribution in [2.24, 2.45) is 5.92 Å². The van der Waals surface area contributed by atoms with Crippen LogP contribution in [0.3, 0.4) is 0 Å². The first kappa shape index (κ1) is 18.6. The zero-order chi connectivity index (χ0) is 17.5. The van der Waals surface area contributed by atoms with Crippen LogP contribution >= 0.6 is 0 Å². The minimum Gasteiger partial charge on any atom is -0.497 e. The third-order valence-electron chi connectivity index (χ3n) is 4.58. The Morgan fingerprint density at radius 3 is 2.62 bits per heavy atom. The summed E-state index contributed by atoms with van der Waals surface area (Å²) in [4.78, 5) is 14.5. The van der Waals surface area contributed by atoms with Gasteiger partial charge in [0.05, 0.1) is 13.2 Å². The van der Waals surface area contributed by atoms with Gasteiger partial charge >= 0.3 is 0 Å². The average molecular weight is 333 g/mol. The number of amides is 1. The van der Waals surface area contributed by atoms with Crippen LogP contribution in [0.1, 0.15) is 33.6 Å². The molecule has 1 aromatic rings. The van der Waals surface area contributed by atoms with Gasteiger partial charge in [-0.2, -0.15) is 0 Å². The van der Waals surface area contributed by atoms with Gasteiger partial charge in [-0.3, -0.25) is 9.69 Å². The molecular weight excluding hydrogens is 302 g/mol. The standard InChI is InChI=1S/C19H31N3O2/c1-14(2)13-20-19(23)15(3)22-10-8-16(9-11-22)21-17-6-5-7-18(12-17)24-4/h5-7,12,14-16,21H,8-11,13H2,1-4H3,(H,20,23)/t15-/m0/s1. The molecule has 1 heterocycles. The van der Waals surface area contributed by atoms with Gasteiger partial charge in [0.15, 0.2) is 0 Å². The lowest BCUT2D eigenvalue weighted by molar-refractivity contribution is -0.126. The summed E-state index contributed by atoms with van der Waals surface area (Å²) in [6.45, 7) is 8.86. The van der Waals surface area contributed by atoms with E-state index in [0.29, 0.717) is 12.0 Å². The molecule has 24 heavy (non-hydrogen) atoms. The number of rotatable bonds is 7. The van der Waals surface area contributed by atoms with Gasteiger partial charge in [-0.25, -0.2) is 0 Å². The Hall–Kier alpha value is -1.75. The molecule has 0 aliphatic carbocycles. The second kappa shape index (κ2) is 8.92. The maximum atomic E-state index is 12.2. The third kappa shape index (κ3) is 5.41. The number of hydrogen-bond acceptors (Lipinski definition) is 4. The van der Waals surface area contributed by atoms with Gasteiger partial charge in [0.2, 0.25) is 5.91 Å². The Kier molecular flexibility index (Phi) is 6.91. The molecule has 1 saturated heterocycles. The van der Waals surface area contributed by atoms with Crippen molar-refractivity contribution in [1.82, 2.24) is 10.2 Å². The van der Waals surface area contributed by atoms with Gasteiger partial charge in [0.25, 0.3) is 0 Å². The van der Waals surface area contributed by atoms with Gasteiger partial charge in [-0.05, 0) is 37.8 Å². The highest BCUT2D eigenvalue weighted by Gasteiger charge is 2.26. The predicted molar refractivity (Wildman–Crippen MR) is 98.5 cm³/mol. The molecule has 0 spiro atoms. The van der Waals surface area contributed by atoms with Crippen molar-refractivity contribution >= 4 is 11.6 Å². The molecule has 2 rings (SSSR count). The number of nitrogens with zero attached hydrogens (tertiary/aromatic N) is 1. The van der Waals surface area contributed by atoms with E-state index in [4.69, 9.17) is 4.74 Å². The number of nitrogens with one attached hydrogen (secondary N) is 2. The largest absolute Gasteiger partial charge is 0.497 e. The highest BCUT2D eigenvalue weighted by Crippen LogP contribution is 2.21. The molecule has 5 nitrogen and oxygen atoms in total. The van der Waals surface area contributed by atoms with Crippen molar-refractivity contribution in [3.05, 3.63) is 24.3 Å². The molecule has 0 aromatic heterocycles. The van der Waals surface area contributed by atoms with Crippen LogP contribution in [-0.2, 0) is 4.79 Å². The maximum Gasteiger partial charge on any atom is 0.237 e. The van der Waals surface area contributed by atoms with Gasteiger partial charge < -0.3 is 15.4 Å². The summed E-state index contributed by atoms with van der Waals surface area (Å²) in [7, 11) is 1.68. The van der Waals surface area contributed by atoms with Gasteiger partial charge in [-0.15, -0.1) is 0 Å². The molecule has 0 unspecified atom stereocenters. The average Bonchev–Trinajstić information content (AvgIpc) is 2.59. The highest BCUT2D eigenvalue weighted by molar-refractivity contribution is 5.81. The number of methoxy groups -OCH3 is 1. The fourth-order valence-corrected chi connectivity index (χ4v) is 3.00. The van der Waals surface area contributed by atoms with Crippen LogP contribution in [0.4, 0.5) is 5.69 Å². The fourth-order valence-electron chi connectivity index (χ4n) is 3.00. The molecule has 134 valence electrons. The van der Waals surface area contributed by atoms with Crippen molar-refractivity contribution in [2.75, 3.05) is 32.1 Å². The van der Waals surface area contributed by atoms with Crippen molar-refractivity contribution in [2.45, 2.75) is 45.7 Å². The lowest BCUT2D eigenvalue weighted by Crippen LogP contribution is -2.50. The fraction of sp³-hybridized carbons (Fsp3) is 0.632. The summed E-state index contributed by atoms with van der Waals surface area (Å²) in [5.74, 6) is 1.50. The summed E-state index contributed by atoms with van der Waals surface area (Å²) in [6, 6.07) is 8.43. The third-order valence-corrected chi connectivity index (χ3v) is 4.58. The second-order valence-electron chi connectivity index (χ2n) is 7.00. The molecule has 1 fully saturated rings. The van der Waals surface area contributed by atoms with E-state index in [9.17, 15) is 4.79 Å². The number of likely N-dealkylation sites (tertiary alicyclic amines) is 1. The number of carbonyl (C=O) groups excluding carboxylic acids is 1. The van der Waals surface area contributed by atoms with Crippen LogP contribution in [-0.4, -0.2) is 49.6 Å². The SMILES string of the molecule is COc1cccc(NC2CCN([C@@H](C)C(=O)NCC(C)C)CC2)c1. The maximum absolute atomic E-state index is 12.2. The smallest absolute Gasteiger partial charge is 0.237 e. The molecule has 1 aliphatic heterocycles. The van der Waals surface area contributed by atoms with Gasteiger partial charge in [0.1, 0.15) is 5.75 Å². The molecule has 0 radical (unpaired) electrons. The Balaban J connectivity index is 1.79. The second-order valence-corrected chi connectivity index (χ2v) is 7.00. The lowest BCUT2D eigenvalue weighted by atomic mass is 10.0. The number of anilines is 1. The molecule has 1 atom stereocenters. The van der Waals surface area contributed by atoms with Crippen molar-refractivity contribution in [3.8, 4) is 5.75 Å². The van der Waals surface area contributed by atoms with Crippen LogP contribution in [0.5, 0.6) is 5.75 Å². The van der Waals surface area contributed by atoms with Gasteiger partial charge in [-0.1, -0.05) is 19.9 Å². The quantitative estimate of drug-likeness (QED) is 0.806. The molecule has 1 aliphatic rings. The monoisotopic (exact) mass is 333 g/mol. The number of hydrogen-bond donors (Lipinski definition) is 2. The summed E-state index contributed by atoms with van der Waals surface area (Å²) in [5, 5.41) is 6.61. The zero-order valence-corrected chi connectivity index (χ0v) is 15.3. The van der Waals surface area contributed by atoms with Crippen molar-refractivity contribution in [3.63, 3.8) is 0 Å². The zero-order valence-electron chi connectivity index (χ0n) is 15.3. The number of piperidine rings is 1. The predicted octanol–water partition coefficient (Wildman–Crippen LogP) is 2.73. The molecule has 2 N–H and O–H groups in total. The van der Waals surface area contributed by atoms with E-state index in [2.05, 4.69) is 35.4 Å². The summed E-state index contributed by atoms with van der Waals surface area (Å²) in [5.41, 5.74) is 1.09. The number of carbonyl (C=O) groups is 1. The van der Waals surface area contributed by atoms with E-state index < -0.39 is 0 Å². The minimum absolute atomic E-state index is 0.0541. The molecular formula is C19H31N3O2. The van der Waals surface area contributed by atoms with Crippen LogP contribution in [0.2, 0.25) is 0 Å². The summed E-state index contributed by atoms with van der Waals surface area (Å²) in [6.07, 6.45) is 2.08. The first-order valence-electron chi connectivity index (χ1n) is 8.92. The number of ether oxygens (including phenoxy) is 1. The highest BCUT2D eigenvalue weighted by atomic mass is 16.5. The first-order chi connectivity index (χ1) is 11.5. The Morgan fingerprint density at radius 1 is 1.29 bits per heavy atom. The van der Waals surface area contributed by atoms with Crippen LogP contribution < -0.4 is 15.4 Å². The van der Waals surface area contributed by atoms with E-state index in [1.807, 2.05) is 25.1 Å². The first-order valence-corrected chi connectivity index (χ1v) is 8.92. The Labute approximate surface area is 145 Å². The van der Waals surface area contributed by atoms with Crippen LogP contribution in [0.15, 0.2) is 24.3 Å². The molecule has 0 bridgehead atoms. The number of benzene rings is 1. The van der Waals surface area contributed by atoms with Crippen molar-refractivity contribution < 1.29 is 9.53 Å². The Morgan fingerprint density at radius 2 is 2.00 bits per heavy atom. The van der Waals surface area contributed by atoms with Crippen LogP contribution in [0, 0.1) is 5.92 Å². The minimum atomic E-state index is -0.0541. The van der Waals surface area contributed by atoms with E-state index >= 15 is 0 Å². The van der Waals surface area contributed by atoms with Crippen molar-refractivity contribution in [1.29, 1.82) is 0 Å². The van der Waals surface area contributed by atoms with Crippen LogP contribution in [0.25, 0.3) is 0 Å². The topological polar surface area (TPSA) is 53.6 Å². The Bertz CT molecular complexity index is 525. The van der Waals surface area contributed by atoms with E-state index in [0.717, 1.165) is 43.9 Å². The molecule has 1 amide bonds. The van der Waals surface area contributed by atoms with E-state index in [1.165, 1.54) is 0 Å². The lowest BCUT2D eigenvalue weighted by Gasteiger charge is -2.36. The normalized spacial score (nSPS) is 17.5. The summed E-state index contributed by atoms with van der Waals surface area (Å²) >= 11 is 0.